The second-order valence-corrected chi connectivity index (χ2v) is 4.65. The van der Waals surface area contributed by atoms with E-state index in [1.54, 1.807) is 12.1 Å². The molecule has 0 aliphatic heterocycles. The zero-order valence-corrected chi connectivity index (χ0v) is 9.78. The van der Waals surface area contributed by atoms with Crippen molar-refractivity contribution in [2.75, 3.05) is 6.26 Å². The monoisotopic (exact) mass is 282 g/mol. The largest absolute Gasteiger partial charge is 0.381 e. The molecule has 1 atom stereocenters. The van der Waals surface area contributed by atoms with Crippen molar-refractivity contribution in [1.82, 2.24) is 0 Å². The third kappa shape index (κ3) is 2.93. The number of thioether (sulfide) groups is 1. The lowest BCUT2D eigenvalue weighted by Gasteiger charge is -2.16. The number of aliphatic hydroxyl groups excluding tert-OH is 1. The van der Waals surface area contributed by atoms with Crippen molar-refractivity contribution >= 4 is 27.7 Å². The summed E-state index contributed by atoms with van der Waals surface area (Å²) >= 11 is 3.64. The van der Waals surface area contributed by atoms with E-state index < -0.39 is 10.9 Å². The third-order valence-corrected chi connectivity index (χ3v) is 2.92. The van der Waals surface area contributed by atoms with Gasteiger partial charge in [-0.25, -0.2) is 0 Å². The zero-order chi connectivity index (χ0) is 10.8. The lowest BCUT2D eigenvalue weighted by Crippen LogP contribution is -2.18. The molecule has 0 radical (unpaired) electrons. The number of halogens is 3. The van der Waals surface area contributed by atoms with Crippen molar-refractivity contribution in [1.29, 1.82) is 0 Å². The summed E-state index contributed by atoms with van der Waals surface area (Å²) in [6.07, 6.45) is 0.0863. The zero-order valence-electron chi connectivity index (χ0n) is 7.38. The van der Waals surface area contributed by atoms with Crippen molar-refractivity contribution in [2.45, 2.75) is 15.8 Å². The van der Waals surface area contributed by atoms with Crippen LogP contribution in [0.5, 0.6) is 0 Å². The molecule has 0 aromatic heterocycles. The minimum absolute atomic E-state index is 0.199. The summed E-state index contributed by atoms with van der Waals surface area (Å²) in [6, 6.07) is 6.38. The fourth-order valence-electron chi connectivity index (χ4n) is 0.975. The van der Waals surface area contributed by atoms with Gasteiger partial charge in [0, 0.05) is 4.90 Å². The van der Waals surface area contributed by atoms with Crippen LogP contribution in [-0.2, 0) is 0 Å². The van der Waals surface area contributed by atoms with Gasteiger partial charge in [0.2, 0.25) is 0 Å². The first-order valence-corrected chi connectivity index (χ1v) is 5.85. The lowest BCUT2D eigenvalue weighted by atomic mass is 10.1. The van der Waals surface area contributed by atoms with Crippen molar-refractivity contribution in [2.24, 2.45) is 0 Å². The Kier molecular flexibility index (Phi) is 3.92. The Morgan fingerprint density at radius 3 is 2.21 bits per heavy atom. The Bertz CT molecular complexity index is 297. The quantitative estimate of drug-likeness (QED) is 0.677. The maximum absolute atomic E-state index is 12.6. The number of hydrogen-bond donors (Lipinski definition) is 1. The van der Waals surface area contributed by atoms with Gasteiger partial charge in [-0.2, -0.15) is 8.78 Å². The van der Waals surface area contributed by atoms with Crippen LogP contribution in [0.3, 0.4) is 0 Å². The molecule has 0 amide bonds. The van der Waals surface area contributed by atoms with Crippen molar-refractivity contribution in [3.05, 3.63) is 29.8 Å². The van der Waals surface area contributed by atoms with E-state index in [1.165, 1.54) is 23.9 Å². The Labute approximate surface area is 93.6 Å². The van der Waals surface area contributed by atoms with Crippen LogP contribution in [0.2, 0.25) is 0 Å². The molecule has 1 rings (SSSR count). The summed E-state index contributed by atoms with van der Waals surface area (Å²) in [5.74, 6) is 0. The van der Waals surface area contributed by atoms with Gasteiger partial charge in [-0.15, -0.1) is 11.8 Å². The van der Waals surface area contributed by atoms with Gasteiger partial charge in [0.05, 0.1) is 0 Å². The third-order valence-electron chi connectivity index (χ3n) is 1.74. The lowest BCUT2D eigenvalue weighted by molar-refractivity contribution is -0.0294. The van der Waals surface area contributed by atoms with E-state index in [4.69, 9.17) is 0 Å². The van der Waals surface area contributed by atoms with E-state index in [0.717, 1.165) is 4.90 Å². The van der Waals surface area contributed by atoms with Crippen LogP contribution in [-0.4, -0.2) is 16.2 Å². The first-order chi connectivity index (χ1) is 6.45. The highest BCUT2D eigenvalue weighted by molar-refractivity contribution is 9.10. The summed E-state index contributed by atoms with van der Waals surface area (Å²) < 4.78 is 25.3. The van der Waals surface area contributed by atoms with E-state index >= 15 is 0 Å². The number of hydrogen-bond acceptors (Lipinski definition) is 2. The van der Waals surface area contributed by atoms with E-state index in [0.29, 0.717) is 0 Å². The second-order valence-electron chi connectivity index (χ2n) is 2.72. The molecule has 1 N–H and O–H groups in total. The standard InChI is InChI=1S/C9H9BrF2OS/c1-14-7-4-2-6(3-5-7)8(13)9(10,11)12/h2-5,8,13H,1H3. The minimum atomic E-state index is -3.28. The molecule has 0 fully saturated rings. The number of rotatable bonds is 3. The van der Waals surface area contributed by atoms with Gasteiger partial charge >= 0.3 is 4.83 Å². The number of benzene rings is 1. The van der Waals surface area contributed by atoms with Gasteiger partial charge in [0.15, 0.2) is 6.10 Å². The normalized spacial score (nSPS) is 14.1. The van der Waals surface area contributed by atoms with Crippen molar-refractivity contribution < 1.29 is 13.9 Å². The molecule has 1 aromatic carbocycles. The van der Waals surface area contributed by atoms with Gasteiger partial charge in [-0.1, -0.05) is 12.1 Å². The average Bonchev–Trinajstić information content (AvgIpc) is 2.15. The van der Waals surface area contributed by atoms with E-state index in [9.17, 15) is 13.9 Å². The molecule has 0 spiro atoms. The predicted molar refractivity (Wildman–Crippen MR) is 57.1 cm³/mol. The average molecular weight is 283 g/mol. The highest BCUT2D eigenvalue weighted by atomic mass is 79.9. The highest BCUT2D eigenvalue weighted by Crippen LogP contribution is 2.36. The molecule has 0 saturated heterocycles. The summed E-state index contributed by atoms with van der Waals surface area (Å²) in [5.41, 5.74) is 0.199. The van der Waals surface area contributed by atoms with Gasteiger partial charge in [-0.05, 0) is 39.9 Å². The summed E-state index contributed by atoms with van der Waals surface area (Å²) in [7, 11) is 0. The smallest absolute Gasteiger partial charge is 0.330 e. The molecule has 1 unspecified atom stereocenters. The van der Waals surface area contributed by atoms with Crippen molar-refractivity contribution in [3.8, 4) is 0 Å². The SMILES string of the molecule is CSc1ccc(C(O)C(F)(F)Br)cc1. The van der Waals surface area contributed by atoms with Crippen LogP contribution >= 0.6 is 27.7 Å². The Balaban J connectivity index is 2.87. The van der Waals surface area contributed by atoms with E-state index in [1.807, 2.05) is 6.26 Å². The van der Waals surface area contributed by atoms with Crippen LogP contribution < -0.4 is 0 Å². The second kappa shape index (κ2) is 4.59. The summed E-state index contributed by atoms with van der Waals surface area (Å²) in [4.78, 5) is -2.31. The van der Waals surface area contributed by atoms with Crippen LogP contribution in [0.25, 0.3) is 0 Å². The maximum atomic E-state index is 12.6. The summed E-state index contributed by atoms with van der Waals surface area (Å²) in [5, 5.41) is 9.22. The van der Waals surface area contributed by atoms with E-state index in [2.05, 4.69) is 15.9 Å². The fourth-order valence-corrected chi connectivity index (χ4v) is 1.65. The van der Waals surface area contributed by atoms with Gasteiger partial charge in [0.25, 0.3) is 0 Å². The van der Waals surface area contributed by atoms with Crippen LogP contribution in [0.1, 0.15) is 11.7 Å². The summed E-state index contributed by atoms with van der Waals surface area (Å²) in [6.45, 7) is 0. The Hall–Kier alpha value is -0.130. The first-order valence-electron chi connectivity index (χ1n) is 3.84. The van der Waals surface area contributed by atoms with Crippen LogP contribution in [0.15, 0.2) is 29.2 Å². The van der Waals surface area contributed by atoms with Gasteiger partial charge < -0.3 is 5.11 Å². The molecule has 78 valence electrons. The molecule has 0 aliphatic rings. The Morgan fingerprint density at radius 2 is 1.86 bits per heavy atom. The van der Waals surface area contributed by atoms with Crippen LogP contribution in [0, 0.1) is 0 Å². The van der Waals surface area contributed by atoms with Crippen molar-refractivity contribution in [3.63, 3.8) is 0 Å². The van der Waals surface area contributed by atoms with Gasteiger partial charge in [-0.3, -0.25) is 0 Å². The van der Waals surface area contributed by atoms with Crippen LogP contribution in [0.4, 0.5) is 8.78 Å². The molecule has 0 saturated carbocycles. The molecule has 0 aliphatic carbocycles. The molecule has 1 aromatic rings. The molecular formula is C9H9BrF2OS. The number of alkyl halides is 3. The molecule has 14 heavy (non-hydrogen) atoms. The molecule has 1 nitrogen and oxygen atoms in total. The highest BCUT2D eigenvalue weighted by Gasteiger charge is 2.35. The minimum Gasteiger partial charge on any atom is -0.381 e. The molecular weight excluding hydrogens is 274 g/mol. The first kappa shape index (κ1) is 11.9. The van der Waals surface area contributed by atoms with E-state index in [-0.39, 0.29) is 5.56 Å². The molecule has 5 heteroatoms. The Morgan fingerprint density at radius 1 is 1.36 bits per heavy atom. The van der Waals surface area contributed by atoms with Gasteiger partial charge in [0.1, 0.15) is 0 Å². The molecule has 0 heterocycles. The topological polar surface area (TPSA) is 20.2 Å². The fraction of sp³-hybridized carbons (Fsp3) is 0.333. The molecule has 0 bridgehead atoms. The predicted octanol–water partition coefficient (Wildman–Crippen LogP) is 3.43. The maximum Gasteiger partial charge on any atom is 0.330 e. The number of aliphatic hydroxyl groups is 1.